The van der Waals surface area contributed by atoms with Crippen molar-refractivity contribution in [2.24, 2.45) is 0 Å². The van der Waals surface area contributed by atoms with E-state index in [1.807, 2.05) is 30.3 Å². The first-order valence-electron chi connectivity index (χ1n) is 10.2. The van der Waals surface area contributed by atoms with Gasteiger partial charge in [0.2, 0.25) is 0 Å². The van der Waals surface area contributed by atoms with E-state index in [1.54, 1.807) is 36.4 Å². The maximum Gasteiger partial charge on any atom is 0.344 e. The summed E-state index contributed by atoms with van der Waals surface area (Å²) < 4.78 is 21.4. The van der Waals surface area contributed by atoms with Crippen LogP contribution >= 0.6 is 0 Å². The lowest BCUT2D eigenvalue weighted by atomic mass is 10.1. The molecule has 3 aromatic carbocycles. The maximum atomic E-state index is 12.3. The number of esters is 1. The number of benzene rings is 3. The van der Waals surface area contributed by atoms with E-state index in [2.05, 4.69) is 5.32 Å². The van der Waals surface area contributed by atoms with Gasteiger partial charge in [-0.3, -0.25) is 9.59 Å². The van der Waals surface area contributed by atoms with Gasteiger partial charge in [0.1, 0.15) is 23.9 Å². The van der Waals surface area contributed by atoms with Crippen molar-refractivity contribution in [3.05, 3.63) is 83.9 Å². The van der Waals surface area contributed by atoms with E-state index in [-0.39, 0.29) is 19.1 Å². The van der Waals surface area contributed by atoms with Gasteiger partial charge in [0.05, 0.1) is 5.69 Å². The number of fused-ring (bicyclic) bond motifs is 1. The quantitative estimate of drug-likeness (QED) is 0.396. The van der Waals surface area contributed by atoms with Gasteiger partial charge in [-0.05, 0) is 48.0 Å². The van der Waals surface area contributed by atoms with Crippen molar-refractivity contribution < 1.29 is 33.3 Å². The van der Waals surface area contributed by atoms with E-state index in [0.29, 0.717) is 35.1 Å². The molecule has 1 aliphatic rings. The molecule has 0 bridgehead atoms. The smallest absolute Gasteiger partial charge is 0.344 e. The zero-order valence-electron chi connectivity index (χ0n) is 17.6. The summed E-state index contributed by atoms with van der Waals surface area (Å²) in [5, 5.41) is 2.63. The maximum absolute atomic E-state index is 12.3. The Balaban J connectivity index is 1.20. The summed E-state index contributed by atoms with van der Waals surface area (Å²) in [6, 6.07) is 21.3. The lowest BCUT2D eigenvalue weighted by molar-refractivity contribution is -0.144. The van der Waals surface area contributed by atoms with Crippen LogP contribution < -0.4 is 19.5 Å². The van der Waals surface area contributed by atoms with Gasteiger partial charge in [0.15, 0.2) is 25.6 Å². The molecule has 0 fully saturated rings. The third-order valence-corrected chi connectivity index (χ3v) is 4.73. The molecule has 8 heteroatoms. The van der Waals surface area contributed by atoms with Crippen LogP contribution in [0.25, 0.3) is 0 Å². The first-order chi connectivity index (χ1) is 16.1. The first-order valence-corrected chi connectivity index (χ1v) is 10.2. The summed E-state index contributed by atoms with van der Waals surface area (Å²) in [6.07, 6.45) is 0. The van der Waals surface area contributed by atoms with Crippen LogP contribution in [0.5, 0.6) is 17.2 Å². The van der Waals surface area contributed by atoms with Crippen LogP contribution in [0.15, 0.2) is 72.8 Å². The Labute approximate surface area is 190 Å². The van der Waals surface area contributed by atoms with E-state index >= 15 is 0 Å². The van der Waals surface area contributed by atoms with E-state index in [4.69, 9.17) is 18.9 Å². The van der Waals surface area contributed by atoms with Crippen LogP contribution in [-0.2, 0) is 20.9 Å². The minimum atomic E-state index is -0.678. The van der Waals surface area contributed by atoms with Gasteiger partial charge in [-0.1, -0.05) is 30.3 Å². The Kier molecular flexibility index (Phi) is 6.84. The van der Waals surface area contributed by atoms with Crippen molar-refractivity contribution in [3.63, 3.8) is 0 Å². The number of rotatable bonds is 9. The monoisotopic (exact) mass is 447 g/mol. The molecular weight excluding hydrogens is 426 g/mol. The van der Waals surface area contributed by atoms with Crippen molar-refractivity contribution in [1.82, 2.24) is 0 Å². The molecule has 1 heterocycles. The van der Waals surface area contributed by atoms with E-state index < -0.39 is 18.4 Å². The fourth-order valence-corrected chi connectivity index (χ4v) is 3.04. The second kappa shape index (κ2) is 10.3. The van der Waals surface area contributed by atoms with Gasteiger partial charge < -0.3 is 24.3 Å². The second-order valence-electron chi connectivity index (χ2n) is 7.17. The number of hydrogen-bond acceptors (Lipinski definition) is 7. The summed E-state index contributed by atoms with van der Waals surface area (Å²) in [7, 11) is 0. The average Bonchev–Trinajstić information content (AvgIpc) is 2.85. The Morgan fingerprint density at radius 3 is 2.36 bits per heavy atom. The topological polar surface area (TPSA) is 100 Å². The molecule has 168 valence electrons. The highest BCUT2D eigenvalue weighted by molar-refractivity contribution is 6.01. The van der Waals surface area contributed by atoms with Gasteiger partial charge >= 0.3 is 5.97 Å². The SMILES string of the molecule is O=C1COc2ccc(C(=O)COC(=O)COc3ccc(OCc4ccccc4)cc3)cc2N1. The van der Waals surface area contributed by atoms with Gasteiger partial charge in [0.25, 0.3) is 5.91 Å². The number of anilines is 1. The van der Waals surface area contributed by atoms with Crippen LogP contribution in [0.1, 0.15) is 15.9 Å². The van der Waals surface area contributed by atoms with Crippen LogP contribution in [0.2, 0.25) is 0 Å². The molecule has 1 amide bonds. The lowest BCUT2D eigenvalue weighted by Crippen LogP contribution is -2.25. The van der Waals surface area contributed by atoms with Gasteiger partial charge in [0, 0.05) is 5.56 Å². The molecule has 0 spiro atoms. The largest absolute Gasteiger partial charge is 0.489 e. The van der Waals surface area contributed by atoms with Gasteiger partial charge in [-0.25, -0.2) is 4.79 Å². The minimum absolute atomic E-state index is 0.0681. The molecule has 1 aliphatic heterocycles. The molecule has 8 nitrogen and oxygen atoms in total. The number of nitrogens with one attached hydrogen (secondary N) is 1. The highest BCUT2D eigenvalue weighted by atomic mass is 16.6. The normalized spacial score (nSPS) is 12.1. The molecular formula is C25H21NO7. The molecule has 0 saturated carbocycles. The van der Waals surface area contributed by atoms with Crippen LogP contribution in [0.3, 0.4) is 0 Å². The van der Waals surface area contributed by atoms with Crippen LogP contribution in [0, 0.1) is 0 Å². The van der Waals surface area contributed by atoms with Crippen molar-refractivity contribution in [2.75, 3.05) is 25.1 Å². The third-order valence-electron chi connectivity index (χ3n) is 4.73. The zero-order valence-corrected chi connectivity index (χ0v) is 17.6. The van der Waals surface area contributed by atoms with Crippen molar-refractivity contribution in [1.29, 1.82) is 0 Å². The Bertz CT molecular complexity index is 1140. The molecule has 3 aromatic rings. The molecule has 0 saturated heterocycles. The number of Topliss-reactive ketones (excluding diaryl/α,β-unsaturated/α-hetero) is 1. The highest BCUT2D eigenvalue weighted by Gasteiger charge is 2.18. The fraction of sp³-hybridized carbons (Fsp3) is 0.160. The number of amides is 1. The summed E-state index contributed by atoms with van der Waals surface area (Å²) in [5.41, 5.74) is 1.76. The van der Waals surface area contributed by atoms with E-state index in [9.17, 15) is 14.4 Å². The van der Waals surface area contributed by atoms with Crippen molar-refractivity contribution >= 4 is 23.3 Å². The van der Waals surface area contributed by atoms with E-state index in [1.165, 1.54) is 6.07 Å². The molecule has 0 aromatic heterocycles. The standard InChI is InChI=1S/C25H21NO7/c27-22(18-6-11-23-21(12-18)26-24(28)15-32-23)14-33-25(29)16-31-20-9-7-19(8-10-20)30-13-17-4-2-1-3-5-17/h1-12H,13-16H2,(H,26,28). The third kappa shape index (κ3) is 6.10. The zero-order chi connectivity index (χ0) is 23.0. The summed E-state index contributed by atoms with van der Waals surface area (Å²) in [5.74, 6) is 0.231. The predicted molar refractivity (Wildman–Crippen MR) is 119 cm³/mol. The number of hydrogen-bond donors (Lipinski definition) is 1. The minimum Gasteiger partial charge on any atom is -0.489 e. The molecule has 0 unspecified atom stereocenters. The molecule has 4 rings (SSSR count). The van der Waals surface area contributed by atoms with Crippen LogP contribution in [-0.4, -0.2) is 37.5 Å². The fourth-order valence-electron chi connectivity index (χ4n) is 3.04. The van der Waals surface area contributed by atoms with Gasteiger partial charge in [-0.15, -0.1) is 0 Å². The predicted octanol–water partition coefficient (Wildman–Crippen LogP) is 3.40. The highest BCUT2D eigenvalue weighted by Crippen LogP contribution is 2.28. The van der Waals surface area contributed by atoms with Crippen LogP contribution in [0.4, 0.5) is 5.69 Å². The Morgan fingerprint density at radius 2 is 1.61 bits per heavy atom. The Hall–Kier alpha value is -4.33. The van der Waals surface area contributed by atoms with Crippen molar-refractivity contribution in [2.45, 2.75) is 6.61 Å². The number of carbonyl (C=O) groups is 3. The molecule has 0 aliphatic carbocycles. The van der Waals surface area contributed by atoms with E-state index in [0.717, 1.165) is 5.56 Å². The molecule has 33 heavy (non-hydrogen) atoms. The second-order valence-corrected chi connectivity index (χ2v) is 7.17. The van der Waals surface area contributed by atoms with Crippen molar-refractivity contribution in [3.8, 4) is 17.2 Å². The molecule has 0 radical (unpaired) electrons. The van der Waals surface area contributed by atoms with Gasteiger partial charge in [-0.2, -0.15) is 0 Å². The summed E-state index contributed by atoms with van der Waals surface area (Å²) in [4.78, 5) is 35.7. The number of ketones is 1. The molecule has 0 atom stereocenters. The number of carbonyl (C=O) groups excluding carboxylic acids is 3. The number of ether oxygens (including phenoxy) is 4. The lowest BCUT2D eigenvalue weighted by Gasteiger charge is -2.18. The summed E-state index contributed by atoms with van der Waals surface area (Å²) in [6.45, 7) is -0.403. The summed E-state index contributed by atoms with van der Waals surface area (Å²) >= 11 is 0. The molecule has 1 N–H and O–H groups in total. The average molecular weight is 447 g/mol. The first kappa shape index (κ1) is 21.9. The Morgan fingerprint density at radius 1 is 0.879 bits per heavy atom.